The van der Waals surface area contributed by atoms with E-state index < -0.39 is 18.5 Å². The maximum atomic E-state index is 12.0. The Morgan fingerprint density at radius 2 is 1.88 bits per heavy atom. The molecule has 25 heavy (non-hydrogen) atoms. The molecule has 9 heteroatoms. The zero-order chi connectivity index (χ0) is 18.0. The lowest BCUT2D eigenvalue weighted by Crippen LogP contribution is -2.21. The lowest BCUT2D eigenvalue weighted by Gasteiger charge is -2.08. The van der Waals surface area contributed by atoms with Crippen molar-refractivity contribution in [2.45, 2.75) is 0 Å². The van der Waals surface area contributed by atoms with Crippen LogP contribution in [0, 0.1) is 0 Å². The van der Waals surface area contributed by atoms with Crippen LogP contribution in [0.4, 0.5) is 5.69 Å². The van der Waals surface area contributed by atoms with Gasteiger partial charge in [0.15, 0.2) is 12.3 Å². The van der Waals surface area contributed by atoms with Crippen molar-refractivity contribution in [3.05, 3.63) is 63.5 Å². The third kappa shape index (κ3) is 4.04. The predicted octanol–water partition coefficient (Wildman–Crippen LogP) is 4.09. The number of ether oxygens (including phenoxy) is 1. The molecule has 0 aliphatic carbocycles. The van der Waals surface area contributed by atoms with Gasteiger partial charge >= 0.3 is 5.97 Å². The number of carbonyl (C=O) groups is 2. The van der Waals surface area contributed by atoms with E-state index in [4.69, 9.17) is 39.5 Å². The number of halogens is 3. The summed E-state index contributed by atoms with van der Waals surface area (Å²) in [6, 6.07) is 8.16. The first kappa shape index (κ1) is 17.5. The third-order valence-electron chi connectivity index (χ3n) is 3.19. The van der Waals surface area contributed by atoms with E-state index in [1.807, 2.05) is 0 Å². The molecule has 0 unspecified atom stereocenters. The number of rotatable bonds is 4. The molecule has 0 spiro atoms. The number of amides is 1. The predicted molar refractivity (Wildman–Crippen MR) is 95.6 cm³/mol. The molecule has 6 nitrogen and oxygen atoms in total. The van der Waals surface area contributed by atoms with Gasteiger partial charge in [0, 0.05) is 12.4 Å². The summed E-state index contributed by atoms with van der Waals surface area (Å²) < 4.78 is 6.63. The average Bonchev–Trinajstić information content (AvgIpc) is 3.02. The maximum Gasteiger partial charge on any atom is 0.359 e. The van der Waals surface area contributed by atoms with Gasteiger partial charge in [-0.15, -0.1) is 0 Å². The zero-order valence-corrected chi connectivity index (χ0v) is 14.8. The van der Waals surface area contributed by atoms with Crippen LogP contribution in [-0.2, 0) is 9.53 Å². The van der Waals surface area contributed by atoms with Gasteiger partial charge < -0.3 is 14.5 Å². The van der Waals surface area contributed by atoms with Crippen LogP contribution >= 0.6 is 34.8 Å². The Bertz CT molecular complexity index is 939. The first-order chi connectivity index (χ1) is 11.9. The minimum absolute atomic E-state index is 0.103. The molecule has 0 aliphatic rings. The molecule has 0 saturated carbocycles. The standard InChI is InChI=1S/C16H10Cl3N3O3/c17-9-5-11(19)12(6-10(9)18)21-15(23)8-25-16(24)13-7-22-4-2-1-3-14(22)20-13/h1-7H,8H2,(H,21,23). The van der Waals surface area contributed by atoms with Gasteiger partial charge in [-0.1, -0.05) is 40.9 Å². The van der Waals surface area contributed by atoms with Crippen LogP contribution in [0.25, 0.3) is 5.65 Å². The van der Waals surface area contributed by atoms with Gasteiger partial charge in [0.2, 0.25) is 0 Å². The van der Waals surface area contributed by atoms with Gasteiger partial charge in [0.1, 0.15) is 5.65 Å². The lowest BCUT2D eigenvalue weighted by atomic mass is 10.3. The van der Waals surface area contributed by atoms with E-state index in [-0.39, 0.29) is 26.4 Å². The molecule has 0 radical (unpaired) electrons. The van der Waals surface area contributed by atoms with Crippen molar-refractivity contribution in [3.8, 4) is 0 Å². The van der Waals surface area contributed by atoms with Gasteiger partial charge in [-0.2, -0.15) is 0 Å². The van der Waals surface area contributed by atoms with Crippen molar-refractivity contribution >= 4 is 58.0 Å². The second-order valence-corrected chi connectivity index (χ2v) is 6.18. The summed E-state index contributed by atoms with van der Waals surface area (Å²) in [4.78, 5) is 28.0. The Morgan fingerprint density at radius 3 is 2.64 bits per heavy atom. The summed E-state index contributed by atoms with van der Waals surface area (Å²) in [5.74, 6) is -1.28. The highest BCUT2D eigenvalue weighted by Crippen LogP contribution is 2.32. The number of aromatic nitrogens is 2. The largest absolute Gasteiger partial charge is 0.451 e. The van der Waals surface area contributed by atoms with Crippen molar-refractivity contribution in [1.29, 1.82) is 0 Å². The van der Waals surface area contributed by atoms with E-state index in [1.165, 1.54) is 18.3 Å². The Balaban J connectivity index is 1.62. The number of nitrogens with zero attached hydrogens (tertiary/aromatic N) is 2. The minimum Gasteiger partial charge on any atom is -0.451 e. The topological polar surface area (TPSA) is 72.7 Å². The second-order valence-electron chi connectivity index (χ2n) is 4.96. The Hall–Kier alpha value is -2.28. The fourth-order valence-electron chi connectivity index (χ4n) is 2.04. The highest BCUT2D eigenvalue weighted by molar-refractivity contribution is 6.44. The van der Waals surface area contributed by atoms with Crippen molar-refractivity contribution in [2.24, 2.45) is 0 Å². The highest BCUT2D eigenvalue weighted by atomic mass is 35.5. The third-order valence-corrected chi connectivity index (χ3v) is 4.23. The molecular weight excluding hydrogens is 389 g/mol. The molecule has 2 aromatic heterocycles. The number of imidazole rings is 1. The smallest absolute Gasteiger partial charge is 0.359 e. The number of anilines is 1. The Kier molecular flexibility index (Phi) is 5.13. The first-order valence-corrected chi connectivity index (χ1v) is 8.12. The number of fused-ring (bicyclic) bond motifs is 1. The van der Waals surface area contributed by atoms with Crippen molar-refractivity contribution in [2.75, 3.05) is 11.9 Å². The average molecular weight is 399 g/mol. The zero-order valence-electron chi connectivity index (χ0n) is 12.5. The first-order valence-electron chi connectivity index (χ1n) is 6.99. The van der Waals surface area contributed by atoms with Gasteiger partial charge in [-0.25, -0.2) is 9.78 Å². The van der Waals surface area contributed by atoms with Gasteiger partial charge in [0.05, 0.1) is 20.8 Å². The molecule has 1 aromatic carbocycles. The van der Waals surface area contributed by atoms with Crippen LogP contribution in [0.5, 0.6) is 0 Å². The van der Waals surface area contributed by atoms with E-state index in [0.717, 1.165) is 0 Å². The number of carbonyl (C=O) groups excluding carboxylic acids is 2. The molecule has 0 bridgehead atoms. The molecule has 128 valence electrons. The number of nitrogens with one attached hydrogen (secondary N) is 1. The molecule has 0 aliphatic heterocycles. The number of esters is 1. The van der Waals surface area contributed by atoms with Crippen molar-refractivity contribution in [3.63, 3.8) is 0 Å². The number of hydrogen-bond acceptors (Lipinski definition) is 4. The van der Waals surface area contributed by atoms with E-state index in [9.17, 15) is 9.59 Å². The van der Waals surface area contributed by atoms with Crippen LogP contribution < -0.4 is 5.32 Å². The fourth-order valence-corrected chi connectivity index (χ4v) is 2.64. The molecule has 0 fully saturated rings. The molecule has 0 atom stereocenters. The molecule has 2 heterocycles. The summed E-state index contributed by atoms with van der Waals surface area (Å²) >= 11 is 17.7. The second kappa shape index (κ2) is 7.31. The molecule has 3 rings (SSSR count). The molecule has 1 N–H and O–H groups in total. The van der Waals surface area contributed by atoms with Gasteiger partial charge in [-0.3, -0.25) is 4.79 Å². The number of pyridine rings is 1. The Morgan fingerprint density at radius 1 is 1.12 bits per heavy atom. The van der Waals surface area contributed by atoms with Crippen LogP contribution in [0.1, 0.15) is 10.5 Å². The van der Waals surface area contributed by atoms with E-state index in [2.05, 4.69) is 10.3 Å². The van der Waals surface area contributed by atoms with E-state index in [0.29, 0.717) is 5.65 Å². The maximum absolute atomic E-state index is 12.0. The number of hydrogen-bond donors (Lipinski definition) is 1. The summed E-state index contributed by atoms with van der Waals surface area (Å²) in [6.07, 6.45) is 3.27. The van der Waals surface area contributed by atoms with E-state index >= 15 is 0 Å². The van der Waals surface area contributed by atoms with Gasteiger partial charge in [-0.05, 0) is 24.3 Å². The minimum atomic E-state index is -0.709. The summed E-state index contributed by atoms with van der Waals surface area (Å²) in [6.45, 7) is -0.497. The molecule has 1 amide bonds. The number of benzene rings is 1. The van der Waals surface area contributed by atoms with Gasteiger partial charge in [0.25, 0.3) is 5.91 Å². The molecule has 0 saturated heterocycles. The summed E-state index contributed by atoms with van der Waals surface area (Å²) in [5, 5.41) is 3.22. The quantitative estimate of drug-likeness (QED) is 0.531. The van der Waals surface area contributed by atoms with Crippen LogP contribution in [-0.4, -0.2) is 27.9 Å². The summed E-state index contributed by atoms with van der Waals surface area (Å²) in [7, 11) is 0. The fraction of sp³-hybridized carbons (Fsp3) is 0.0625. The van der Waals surface area contributed by atoms with Crippen LogP contribution in [0.2, 0.25) is 15.1 Å². The van der Waals surface area contributed by atoms with Crippen molar-refractivity contribution in [1.82, 2.24) is 9.38 Å². The normalized spacial score (nSPS) is 10.7. The monoisotopic (exact) mass is 397 g/mol. The summed E-state index contributed by atoms with van der Waals surface area (Å²) in [5.41, 5.74) is 0.970. The molecule has 3 aromatic rings. The van der Waals surface area contributed by atoms with Crippen LogP contribution in [0.3, 0.4) is 0 Å². The lowest BCUT2D eigenvalue weighted by molar-refractivity contribution is -0.119. The molecular formula is C16H10Cl3N3O3. The van der Waals surface area contributed by atoms with E-state index in [1.54, 1.807) is 28.8 Å². The Labute approximate surface area is 157 Å². The van der Waals surface area contributed by atoms with Crippen LogP contribution in [0.15, 0.2) is 42.7 Å². The highest BCUT2D eigenvalue weighted by Gasteiger charge is 2.15. The SMILES string of the molecule is O=C(COC(=O)c1cn2ccccc2n1)Nc1cc(Cl)c(Cl)cc1Cl. The van der Waals surface area contributed by atoms with Crippen molar-refractivity contribution < 1.29 is 14.3 Å².